The predicted molar refractivity (Wildman–Crippen MR) is 261 cm³/mol. The van der Waals surface area contributed by atoms with E-state index >= 15 is 0 Å². The normalized spacial score (nSPS) is 12.0. The Hall–Kier alpha value is -1.59. The number of rotatable bonds is 49. The third kappa shape index (κ3) is 49.3. The minimum Gasteiger partial charge on any atom is -0.462 e. The second-order valence-electron chi connectivity index (χ2n) is 19.8. The average Bonchev–Trinajstić information content (AvgIpc) is 3.23. The fraction of sp³-hybridized carbons (Fsp3) is 0.945. The van der Waals surface area contributed by atoms with E-state index in [-0.39, 0.29) is 31.1 Å². The molecule has 0 unspecified atom stereocenters. The Morgan fingerprint density at radius 2 is 0.541 bits per heavy atom. The van der Waals surface area contributed by atoms with Crippen molar-refractivity contribution in [2.75, 3.05) is 13.2 Å². The quantitative estimate of drug-likeness (QED) is 0.0344. The van der Waals surface area contributed by atoms with Crippen LogP contribution >= 0.6 is 0 Å². The van der Waals surface area contributed by atoms with E-state index in [9.17, 15) is 14.4 Å². The highest BCUT2D eigenvalue weighted by Gasteiger charge is 2.19. The molecule has 0 aromatic carbocycles. The van der Waals surface area contributed by atoms with Crippen LogP contribution in [0.4, 0.5) is 0 Å². The number of carbonyl (C=O) groups excluding carboxylic acids is 3. The molecule has 0 aliphatic heterocycles. The predicted octanol–water partition coefficient (Wildman–Crippen LogP) is 17.7. The first kappa shape index (κ1) is 59.4. The number of esters is 3. The summed E-state index contributed by atoms with van der Waals surface area (Å²) in [6.45, 7) is 11.4. The van der Waals surface area contributed by atoms with Gasteiger partial charge in [-0.3, -0.25) is 14.4 Å². The zero-order valence-electron chi connectivity index (χ0n) is 41.8. The fourth-order valence-electron chi connectivity index (χ4n) is 8.34. The van der Waals surface area contributed by atoms with E-state index in [2.05, 4.69) is 34.6 Å². The molecule has 6 heteroatoms. The first-order chi connectivity index (χ1) is 29.7. The highest BCUT2D eigenvalue weighted by Crippen LogP contribution is 2.18. The van der Waals surface area contributed by atoms with Gasteiger partial charge in [0.15, 0.2) is 6.10 Å². The molecule has 0 N–H and O–H groups in total. The molecule has 0 aliphatic carbocycles. The van der Waals surface area contributed by atoms with Gasteiger partial charge in [0.1, 0.15) is 13.2 Å². The molecule has 362 valence electrons. The smallest absolute Gasteiger partial charge is 0.306 e. The molecule has 0 aromatic heterocycles. The summed E-state index contributed by atoms with van der Waals surface area (Å²) in [6, 6.07) is 0. The monoisotopic (exact) mass is 863 g/mol. The Balaban J connectivity index is 4.13. The minimum atomic E-state index is -0.760. The highest BCUT2D eigenvalue weighted by atomic mass is 16.6. The van der Waals surface area contributed by atoms with Gasteiger partial charge in [0.2, 0.25) is 0 Å². The van der Waals surface area contributed by atoms with Crippen LogP contribution in [0.25, 0.3) is 0 Å². The maximum absolute atomic E-state index is 12.8. The molecule has 0 spiro atoms. The van der Waals surface area contributed by atoms with Crippen LogP contribution in [0.2, 0.25) is 0 Å². The van der Waals surface area contributed by atoms with Gasteiger partial charge >= 0.3 is 17.9 Å². The SMILES string of the molecule is CCCCCCCCCC(=O)OC[C@H](COC(=O)CCCCCCCCCCCCCCCCCCCCC(C)C)OC(=O)CCCCCCCCCCCCCCC(C)C. The van der Waals surface area contributed by atoms with Gasteiger partial charge in [-0.15, -0.1) is 0 Å². The second-order valence-corrected chi connectivity index (χ2v) is 19.8. The average molecular weight is 863 g/mol. The molecule has 0 aliphatic rings. The van der Waals surface area contributed by atoms with Crippen molar-refractivity contribution in [3.05, 3.63) is 0 Å². The van der Waals surface area contributed by atoms with Gasteiger partial charge in [0.25, 0.3) is 0 Å². The van der Waals surface area contributed by atoms with Crippen molar-refractivity contribution in [1.82, 2.24) is 0 Å². The summed E-state index contributed by atoms with van der Waals surface area (Å²) in [5.41, 5.74) is 0. The van der Waals surface area contributed by atoms with Gasteiger partial charge in [-0.25, -0.2) is 0 Å². The lowest BCUT2D eigenvalue weighted by atomic mass is 10.0. The number of hydrogen-bond donors (Lipinski definition) is 0. The van der Waals surface area contributed by atoms with Crippen molar-refractivity contribution < 1.29 is 28.6 Å². The van der Waals surface area contributed by atoms with E-state index in [4.69, 9.17) is 14.2 Å². The van der Waals surface area contributed by atoms with Crippen LogP contribution in [0.3, 0.4) is 0 Å². The summed E-state index contributed by atoms with van der Waals surface area (Å²) in [5, 5.41) is 0. The molecule has 0 bridgehead atoms. The molecule has 0 rings (SSSR count). The van der Waals surface area contributed by atoms with E-state index in [0.717, 1.165) is 69.6 Å². The zero-order valence-corrected chi connectivity index (χ0v) is 41.8. The highest BCUT2D eigenvalue weighted by molar-refractivity contribution is 5.71. The largest absolute Gasteiger partial charge is 0.462 e. The van der Waals surface area contributed by atoms with Crippen LogP contribution in [-0.2, 0) is 28.6 Å². The molecule has 6 nitrogen and oxygen atoms in total. The molecule has 0 amide bonds. The Bertz CT molecular complexity index is 931. The third-order valence-electron chi connectivity index (χ3n) is 12.5. The maximum atomic E-state index is 12.8. The first-order valence-electron chi connectivity index (χ1n) is 27.2. The standard InChI is InChI=1S/C55H106O6/c1-6-7-8-9-28-35-40-45-53(56)59-48-52(61-55(58)47-42-37-32-27-23-19-18-21-25-30-34-39-44-51(4)5)49-60-54(57)46-41-36-31-26-22-17-15-13-11-10-12-14-16-20-24-29-33-38-43-50(2)3/h50-52H,6-49H2,1-5H3/t52-/m1/s1. The van der Waals surface area contributed by atoms with Gasteiger partial charge in [-0.05, 0) is 31.1 Å². The second kappa shape index (κ2) is 47.9. The van der Waals surface area contributed by atoms with E-state index in [0.29, 0.717) is 19.3 Å². The van der Waals surface area contributed by atoms with Gasteiger partial charge in [-0.2, -0.15) is 0 Å². The molecule has 0 saturated heterocycles. The Labute approximate surface area is 380 Å². The molecule has 61 heavy (non-hydrogen) atoms. The lowest BCUT2D eigenvalue weighted by Crippen LogP contribution is -2.30. The molecule has 0 saturated carbocycles. The van der Waals surface area contributed by atoms with E-state index in [1.807, 2.05) is 0 Å². The molecule has 0 radical (unpaired) electrons. The fourth-order valence-corrected chi connectivity index (χ4v) is 8.34. The molecule has 1 atom stereocenters. The van der Waals surface area contributed by atoms with Crippen LogP contribution < -0.4 is 0 Å². The van der Waals surface area contributed by atoms with Crippen molar-refractivity contribution in [2.24, 2.45) is 11.8 Å². The van der Waals surface area contributed by atoms with E-state index in [1.54, 1.807) is 0 Å². The van der Waals surface area contributed by atoms with Crippen molar-refractivity contribution in [2.45, 2.75) is 310 Å². The number of unbranched alkanes of at least 4 members (excludes halogenated alkanes) is 34. The molecule has 0 heterocycles. The van der Waals surface area contributed by atoms with E-state index in [1.165, 1.54) is 193 Å². The topological polar surface area (TPSA) is 78.9 Å². The molecule has 0 fully saturated rings. The maximum Gasteiger partial charge on any atom is 0.306 e. The van der Waals surface area contributed by atoms with Crippen molar-refractivity contribution >= 4 is 17.9 Å². The van der Waals surface area contributed by atoms with E-state index < -0.39 is 6.10 Å². The van der Waals surface area contributed by atoms with Gasteiger partial charge in [-0.1, -0.05) is 266 Å². The number of carbonyl (C=O) groups is 3. The molecular formula is C55H106O6. The van der Waals surface area contributed by atoms with Gasteiger partial charge in [0, 0.05) is 19.3 Å². The summed E-state index contributed by atoms with van der Waals surface area (Å²) < 4.78 is 16.8. The Kier molecular flexibility index (Phi) is 46.6. The lowest BCUT2D eigenvalue weighted by molar-refractivity contribution is -0.167. The van der Waals surface area contributed by atoms with Crippen LogP contribution in [0.1, 0.15) is 304 Å². The number of ether oxygens (including phenoxy) is 3. The van der Waals surface area contributed by atoms with Crippen LogP contribution in [0.15, 0.2) is 0 Å². The minimum absolute atomic E-state index is 0.0636. The Morgan fingerprint density at radius 3 is 0.803 bits per heavy atom. The zero-order chi connectivity index (χ0) is 44.7. The third-order valence-corrected chi connectivity index (χ3v) is 12.5. The van der Waals surface area contributed by atoms with Crippen LogP contribution in [0.5, 0.6) is 0 Å². The molecule has 0 aromatic rings. The summed E-state index contributed by atoms with van der Waals surface area (Å²) in [6.07, 6.45) is 49.7. The lowest BCUT2D eigenvalue weighted by Gasteiger charge is -2.18. The van der Waals surface area contributed by atoms with Crippen molar-refractivity contribution in [1.29, 1.82) is 0 Å². The van der Waals surface area contributed by atoms with Gasteiger partial charge < -0.3 is 14.2 Å². The molecular weight excluding hydrogens is 757 g/mol. The van der Waals surface area contributed by atoms with Gasteiger partial charge in [0.05, 0.1) is 0 Å². The van der Waals surface area contributed by atoms with Crippen LogP contribution in [0, 0.1) is 11.8 Å². The first-order valence-corrected chi connectivity index (χ1v) is 27.2. The Morgan fingerprint density at radius 1 is 0.311 bits per heavy atom. The summed E-state index contributed by atoms with van der Waals surface area (Å²) in [5.74, 6) is 0.840. The summed E-state index contributed by atoms with van der Waals surface area (Å²) in [7, 11) is 0. The number of hydrogen-bond acceptors (Lipinski definition) is 6. The summed E-state index contributed by atoms with van der Waals surface area (Å²) in [4.78, 5) is 37.8. The van der Waals surface area contributed by atoms with Crippen LogP contribution in [-0.4, -0.2) is 37.2 Å². The summed E-state index contributed by atoms with van der Waals surface area (Å²) >= 11 is 0. The van der Waals surface area contributed by atoms with Crippen molar-refractivity contribution in [3.8, 4) is 0 Å². The van der Waals surface area contributed by atoms with Crippen molar-refractivity contribution in [3.63, 3.8) is 0 Å².